The standard InChI is InChI=1S/C16H14N2/c1-2-6-13(7-3-1)10-15-12-17-11-14-8-4-5-9-16(14)18-15/h1-9,11-12,18H,10H2. The van der Waals surface area contributed by atoms with Crippen LogP contribution in [0, 0.1) is 0 Å². The highest BCUT2D eigenvalue weighted by atomic mass is 14.9. The molecule has 88 valence electrons. The van der Waals surface area contributed by atoms with Crippen LogP contribution in [0.1, 0.15) is 11.1 Å². The minimum Gasteiger partial charge on any atom is -0.357 e. The zero-order chi connectivity index (χ0) is 12.2. The number of fused-ring (bicyclic) bond motifs is 1. The molecule has 0 aromatic heterocycles. The van der Waals surface area contributed by atoms with Gasteiger partial charge in [0, 0.05) is 35.8 Å². The van der Waals surface area contributed by atoms with E-state index in [9.17, 15) is 0 Å². The Hall–Kier alpha value is -2.35. The molecule has 0 saturated heterocycles. The van der Waals surface area contributed by atoms with Gasteiger partial charge in [-0.15, -0.1) is 0 Å². The van der Waals surface area contributed by atoms with Crippen LogP contribution in [0.15, 0.2) is 71.5 Å². The summed E-state index contributed by atoms with van der Waals surface area (Å²) >= 11 is 0. The van der Waals surface area contributed by atoms with Gasteiger partial charge in [0.2, 0.25) is 0 Å². The molecular weight excluding hydrogens is 220 g/mol. The van der Waals surface area contributed by atoms with Gasteiger partial charge in [0.25, 0.3) is 0 Å². The second-order valence-corrected chi connectivity index (χ2v) is 4.31. The topological polar surface area (TPSA) is 24.4 Å². The second-order valence-electron chi connectivity index (χ2n) is 4.31. The van der Waals surface area contributed by atoms with Crippen molar-refractivity contribution in [2.45, 2.75) is 6.42 Å². The molecule has 0 atom stereocenters. The van der Waals surface area contributed by atoms with Crippen LogP contribution >= 0.6 is 0 Å². The van der Waals surface area contributed by atoms with Gasteiger partial charge in [-0.25, -0.2) is 0 Å². The fraction of sp³-hybridized carbons (Fsp3) is 0.0625. The first-order chi connectivity index (χ1) is 8.92. The summed E-state index contributed by atoms with van der Waals surface area (Å²) in [5, 5.41) is 3.44. The molecule has 3 rings (SSSR count). The smallest absolute Gasteiger partial charge is 0.0471 e. The number of allylic oxidation sites excluding steroid dienone is 1. The Balaban J connectivity index is 1.84. The van der Waals surface area contributed by atoms with Crippen molar-refractivity contribution in [2.75, 3.05) is 5.32 Å². The maximum Gasteiger partial charge on any atom is 0.0471 e. The zero-order valence-electron chi connectivity index (χ0n) is 10.0. The number of benzene rings is 2. The van der Waals surface area contributed by atoms with Crippen molar-refractivity contribution in [3.63, 3.8) is 0 Å². The molecule has 18 heavy (non-hydrogen) atoms. The maximum absolute atomic E-state index is 4.34. The molecule has 1 heterocycles. The van der Waals surface area contributed by atoms with Gasteiger partial charge >= 0.3 is 0 Å². The second kappa shape index (κ2) is 4.88. The molecular formula is C16H14N2. The summed E-state index contributed by atoms with van der Waals surface area (Å²) in [5.41, 5.74) is 4.63. The van der Waals surface area contributed by atoms with E-state index in [1.165, 1.54) is 5.56 Å². The van der Waals surface area contributed by atoms with Crippen molar-refractivity contribution in [3.8, 4) is 0 Å². The lowest BCUT2D eigenvalue weighted by Crippen LogP contribution is -2.03. The van der Waals surface area contributed by atoms with Crippen LogP contribution < -0.4 is 5.32 Å². The Labute approximate surface area is 107 Å². The van der Waals surface area contributed by atoms with Crippen molar-refractivity contribution in [1.29, 1.82) is 0 Å². The van der Waals surface area contributed by atoms with Crippen molar-refractivity contribution in [2.24, 2.45) is 4.99 Å². The van der Waals surface area contributed by atoms with Gasteiger partial charge in [0.05, 0.1) is 0 Å². The molecule has 0 radical (unpaired) electrons. The summed E-state index contributed by atoms with van der Waals surface area (Å²) < 4.78 is 0. The molecule has 0 fully saturated rings. The van der Waals surface area contributed by atoms with Crippen LogP contribution in [0.2, 0.25) is 0 Å². The highest BCUT2D eigenvalue weighted by Crippen LogP contribution is 2.19. The Bertz CT molecular complexity index is 598. The molecule has 0 saturated carbocycles. The summed E-state index contributed by atoms with van der Waals surface area (Å²) in [6.45, 7) is 0. The van der Waals surface area contributed by atoms with Crippen LogP contribution in [0.3, 0.4) is 0 Å². The van der Waals surface area contributed by atoms with Crippen LogP contribution in [0.25, 0.3) is 0 Å². The van der Waals surface area contributed by atoms with Crippen molar-refractivity contribution < 1.29 is 0 Å². The summed E-state index contributed by atoms with van der Waals surface area (Å²) in [4.78, 5) is 4.34. The number of para-hydroxylation sites is 1. The molecule has 1 aliphatic heterocycles. The molecule has 2 aromatic carbocycles. The number of rotatable bonds is 2. The van der Waals surface area contributed by atoms with Gasteiger partial charge < -0.3 is 5.32 Å². The normalized spacial score (nSPS) is 13.2. The van der Waals surface area contributed by atoms with E-state index in [1.54, 1.807) is 0 Å². The molecule has 2 heteroatoms. The van der Waals surface area contributed by atoms with Gasteiger partial charge in [-0.05, 0) is 11.6 Å². The fourth-order valence-electron chi connectivity index (χ4n) is 2.04. The third kappa shape index (κ3) is 2.33. The van der Waals surface area contributed by atoms with Gasteiger partial charge in [-0.1, -0.05) is 48.5 Å². The lowest BCUT2D eigenvalue weighted by atomic mass is 10.1. The quantitative estimate of drug-likeness (QED) is 0.843. The SMILES string of the molecule is C1=NC=C(Cc2ccccc2)Nc2ccccc21. The number of anilines is 1. The monoisotopic (exact) mass is 234 g/mol. The molecule has 2 nitrogen and oxygen atoms in total. The Morgan fingerprint density at radius 1 is 0.889 bits per heavy atom. The number of hydrogen-bond donors (Lipinski definition) is 1. The van der Waals surface area contributed by atoms with E-state index in [4.69, 9.17) is 0 Å². The summed E-state index contributed by atoms with van der Waals surface area (Å²) in [5.74, 6) is 0. The van der Waals surface area contributed by atoms with Crippen LogP contribution in [-0.2, 0) is 6.42 Å². The van der Waals surface area contributed by atoms with Crippen LogP contribution in [0.4, 0.5) is 5.69 Å². The van der Waals surface area contributed by atoms with Crippen molar-refractivity contribution >= 4 is 11.9 Å². The molecule has 2 aromatic rings. The Morgan fingerprint density at radius 2 is 1.67 bits per heavy atom. The lowest BCUT2D eigenvalue weighted by Gasteiger charge is -2.10. The third-order valence-corrected chi connectivity index (χ3v) is 2.94. The first-order valence-electron chi connectivity index (χ1n) is 6.04. The molecule has 1 N–H and O–H groups in total. The highest BCUT2D eigenvalue weighted by Gasteiger charge is 2.06. The molecule has 0 aliphatic carbocycles. The number of nitrogens with zero attached hydrogens (tertiary/aromatic N) is 1. The van der Waals surface area contributed by atoms with E-state index in [-0.39, 0.29) is 0 Å². The first-order valence-corrected chi connectivity index (χ1v) is 6.04. The van der Waals surface area contributed by atoms with Gasteiger partial charge in [0.15, 0.2) is 0 Å². The minimum absolute atomic E-state index is 0.868. The van der Waals surface area contributed by atoms with Gasteiger partial charge in [-0.2, -0.15) is 0 Å². The van der Waals surface area contributed by atoms with E-state index in [0.29, 0.717) is 0 Å². The van der Waals surface area contributed by atoms with Crippen LogP contribution in [0.5, 0.6) is 0 Å². The maximum atomic E-state index is 4.34. The zero-order valence-corrected chi connectivity index (χ0v) is 10.0. The van der Waals surface area contributed by atoms with Gasteiger partial charge in [0.1, 0.15) is 0 Å². The fourth-order valence-corrected chi connectivity index (χ4v) is 2.04. The molecule has 0 unspecified atom stereocenters. The van der Waals surface area contributed by atoms with E-state index in [1.807, 2.05) is 30.6 Å². The average Bonchev–Trinajstić information content (AvgIpc) is 2.61. The summed E-state index contributed by atoms with van der Waals surface area (Å²) in [6.07, 6.45) is 4.65. The van der Waals surface area contributed by atoms with Crippen molar-refractivity contribution in [1.82, 2.24) is 0 Å². The van der Waals surface area contributed by atoms with Crippen molar-refractivity contribution in [3.05, 3.63) is 77.6 Å². The predicted octanol–water partition coefficient (Wildman–Crippen LogP) is 3.62. The van der Waals surface area contributed by atoms with E-state index >= 15 is 0 Å². The first kappa shape index (κ1) is 10.8. The number of aliphatic imine (C=N–C) groups is 1. The third-order valence-electron chi connectivity index (χ3n) is 2.94. The van der Waals surface area contributed by atoms with Gasteiger partial charge in [-0.3, -0.25) is 4.99 Å². The van der Waals surface area contributed by atoms with Crippen LogP contribution in [-0.4, -0.2) is 6.21 Å². The van der Waals surface area contributed by atoms with E-state index < -0.39 is 0 Å². The molecule has 1 aliphatic rings. The highest BCUT2D eigenvalue weighted by molar-refractivity contribution is 5.89. The summed E-state index contributed by atoms with van der Waals surface area (Å²) in [7, 11) is 0. The van der Waals surface area contributed by atoms with E-state index in [2.05, 4.69) is 46.7 Å². The number of hydrogen-bond acceptors (Lipinski definition) is 2. The minimum atomic E-state index is 0.868. The Kier molecular flexibility index (Phi) is 2.92. The average molecular weight is 234 g/mol. The molecule has 0 bridgehead atoms. The largest absolute Gasteiger partial charge is 0.357 e. The molecule has 0 spiro atoms. The van der Waals surface area contributed by atoms with E-state index in [0.717, 1.165) is 23.4 Å². The summed E-state index contributed by atoms with van der Waals surface area (Å²) in [6, 6.07) is 18.6. The lowest BCUT2D eigenvalue weighted by molar-refractivity contribution is 1.14. The predicted molar refractivity (Wildman–Crippen MR) is 75.9 cm³/mol. The molecule has 0 amide bonds. The number of nitrogens with one attached hydrogen (secondary N) is 1. The Morgan fingerprint density at radius 3 is 2.56 bits per heavy atom.